The Morgan fingerprint density at radius 1 is 1.31 bits per heavy atom. The molecule has 0 aliphatic heterocycles. The summed E-state index contributed by atoms with van der Waals surface area (Å²) in [6.07, 6.45) is -3.00. The molecule has 0 unspecified atom stereocenters. The van der Waals surface area contributed by atoms with Crippen molar-refractivity contribution in [3.8, 4) is 0 Å². The van der Waals surface area contributed by atoms with Gasteiger partial charge in [0.1, 0.15) is 12.4 Å². The van der Waals surface area contributed by atoms with Crippen LogP contribution in [0.4, 0.5) is 23.2 Å². The Balaban J connectivity index is 1.70. The summed E-state index contributed by atoms with van der Waals surface area (Å²) in [4.78, 5) is 16.7. The monoisotopic (exact) mass is 470 g/mol. The van der Waals surface area contributed by atoms with Crippen LogP contribution in [0.1, 0.15) is 35.7 Å². The second-order valence-corrected chi connectivity index (χ2v) is 7.90. The van der Waals surface area contributed by atoms with Gasteiger partial charge in [0, 0.05) is 16.1 Å². The maximum Gasteiger partial charge on any atom is 0.417 e. The largest absolute Gasteiger partial charge is 0.417 e. The highest BCUT2D eigenvalue weighted by molar-refractivity contribution is 9.10. The predicted molar refractivity (Wildman–Crippen MR) is 102 cm³/mol. The molecule has 29 heavy (non-hydrogen) atoms. The Morgan fingerprint density at radius 2 is 2.03 bits per heavy atom. The zero-order valence-corrected chi connectivity index (χ0v) is 16.7. The van der Waals surface area contributed by atoms with Crippen molar-refractivity contribution in [2.45, 2.75) is 38.4 Å². The lowest BCUT2D eigenvalue weighted by molar-refractivity contribution is -0.136. The summed E-state index contributed by atoms with van der Waals surface area (Å²) >= 11 is 3.13. The SMILES string of the molecule is Cc1nn(CC(=O)Nc2ccc(Br)cc2F)c2nc(C3CC3)cc(C(F)(F)F)c12. The molecular weight excluding hydrogens is 456 g/mol. The number of pyridine rings is 1. The molecule has 1 aliphatic carbocycles. The molecule has 1 aliphatic rings. The number of hydrogen-bond acceptors (Lipinski definition) is 3. The summed E-state index contributed by atoms with van der Waals surface area (Å²) in [5.41, 5.74) is -0.345. The van der Waals surface area contributed by atoms with E-state index in [0.29, 0.717) is 10.2 Å². The molecule has 5 nitrogen and oxygen atoms in total. The van der Waals surface area contributed by atoms with Gasteiger partial charge in [0.2, 0.25) is 5.91 Å². The fraction of sp³-hybridized carbons (Fsp3) is 0.316. The van der Waals surface area contributed by atoms with Crippen molar-refractivity contribution in [1.29, 1.82) is 0 Å². The Labute approximate surface area is 171 Å². The highest BCUT2D eigenvalue weighted by Crippen LogP contribution is 2.43. The minimum atomic E-state index is -4.56. The van der Waals surface area contributed by atoms with Gasteiger partial charge in [-0.25, -0.2) is 14.1 Å². The van der Waals surface area contributed by atoms with Crippen LogP contribution < -0.4 is 5.32 Å². The zero-order valence-electron chi connectivity index (χ0n) is 15.1. The van der Waals surface area contributed by atoms with Gasteiger partial charge in [-0.2, -0.15) is 18.3 Å². The summed E-state index contributed by atoms with van der Waals surface area (Å²) in [6.45, 7) is 1.05. The molecule has 3 aromatic rings. The lowest BCUT2D eigenvalue weighted by atomic mass is 10.1. The molecule has 0 bridgehead atoms. The van der Waals surface area contributed by atoms with E-state index in [1.54, 1.807) is 6.07 Å². The van der Waals surface area contributed by atoms with E-state index in [9.17, 15) is 22.4 Å². The Kier molecular flexibility index (Phi) is 4.84. The topological polar surface area (TPSA) is 59.8 Å². The highest BCUT2D eigenvalue weighted by atomic mass is 79.9. The average molecular weight is 471 g/mol. The molecule has 0 saturated heterocycles. The third-order valence-electron chi connectivity index (χ3n) is 4.70. The van der Waals surface area contributed by atoms with E-state index in [1.165, 1.54) is 19.1 Å². The van der Waals surface area contributed by atoms with Gasteiger partial charge in [0.25, 0.3) is 0 Å². The van der Waals surface area contributed by atoms with Crippen LogP contribution in [-0.4, -0.2) is 20.7 Å². The first kappa shape index (κ1) is 19.8. The van der Waals surface area contributed by atoms with Crippen LogP contribution in [0.25, 0.3) is 11.0 Å². The number of anilines is 1. The summed E-state index contributed by atoms with van der Waals surface area (Å²) < 4.78 is 56.4. The normalized spacial score (nSPS) is 14.4. The second-order valence-electron chi connectivity index (χ2n) is 6.98. The third-order valence-corrected chi connectivity index (χ3v) is 5.19. The number of amides is 1. The predicted octanol–water partition coefficient (Wildman–Crippen LogP) is 5.18. The van der Waals surface area contributed by atoms with Gasteiger partial charge < -0.3 is 5.32 Å². The number of fused-ring (bicyclic) bond motifs is 1. The van der Waals surface area contributed by atoms with Gasteiger partial charge in [-0.15, -0.1) is 0 Å². The van der Waals surface area contributed by atoms with E-state index in [4.69, 9.17) is 0 Å². The van der Waals surface area contributed by atoms with Crippen molar-refractivity contribution in [1.82, 2.24) is 14.8 Å². The number of carbonyl (C=O) groups excluding carboxylic acids is 1. The first-order valence-electron chi connectivity index (χ1n) is 8.83. The standard InChI is InChI=1S/C19H15BrF4N4O/c1-9-17-12(19(22,23)24)7-15(10-2-3-10)26-18(17)28(27-9)8-16(29)25-14-5-4-11(20)6-13(14)21/h4-7,10H,2-3,8H2,1H3,(H,25,29). The first-order chi connectivity index (χ1) is 13.6. The molecule has 1 saturated carbocycles. The number of aromatic nitrogens is 3. The Bertz CT molecular complexity index is 1120. The van der Waals surface area contributed by atoms with Crippen molar-refractivity contribution in [3.05, 3.63) is 51.5 Å². The molecule has 1 amide bonds. The lowest BCUT2D eigenvalue weighted by Crippen LogP contribution is -2.20. The number of benzene rings is 1. The lowest BCUT2D eigenvalue weighted by Gasteiger charge is -2.11. The molecule has 1 fully saturated rings. The van der Waals surface area contributed by atoms with E-state index in [-0.39, 0.29) is 28.3 Å². The quantitative estimate of drug-likeness (QED) is 0.534. The van der Waals surface area contributed by atoms with Crippen molar-refractivity contribution < 1.29 is 22.4 Å². The van der Waals surface area contributed by atoms with Gasteiger partial charge in [-0.1, -0.05) is 15.9 Å². The van der Waals surface area contributed by atoms with E-state index in [2.05, 4.69) is 31.3 Å². The molecule has 0 spiro atoms. The van der Waals surface area contributed by atoms with E-state index in [1.807, 2.05) is 0 Å². The van der Waals surface area contributed by atoms with Crippen LogP contribution in [0.5, 0.6) is 0 Å². The van der Waals surface area contributed by atoms with E-state index >= 15 is 0 Å². The van der Waals surface area contributed by atoms with Crippen LogP contribution in [0.3, 0.4) is 0 Å². The van der Waals surface area contributed by atoms with E-state index < -0.39 is 30.0 Å². The molecule has 2 heterocycles. The number of nitrogens with zero attached hydrogens (tertiary/aromatic N) is 3. The van der Waals surface area contributed by atoms with Crippen molar-refractivity contribution >= 4 is 38.6 Å². The van der Waals surface area contributed by atoms with Crippen LogP contribution in [0, 0.1) is 12.7 Å². The van der Waals surface area contributed by atoms with Gasteiger partial charge >= 0.3 is 6.18 Å². The number of aryl methyl sites for hydroxylation is 1. The maximum atomic E-state index is 13.9. The summed E-state index contributed by atoms with van der Waals surface area (Å²) in [7, 11) is 0. The van der Waals surface area contributed by atoms with Crippen molar-refractivity contribution in [3.63, 3.8) is 0 Å². The Hall–Kier alpha value is -2.49. The van der Waals surface area contributed by atoms with Crippen LogP contribution >= 0.6 is 15.9 Å². The number of nitrogens with one attached hydrogen (secondary N) is 1. The molecule has 4 rings (SSSR count). The summed E-state index contributed by atoms with van der Waals surface area (Å²) in [5.74, 6) is -1.26. The van der Waals surface area contributed by atoms with Crippen molar-refractivity contribution in [2.24, 2.45) is 0 Å². The smallest absolute Gasteiger partial charge is 0.322 e. The fourth-order valence-corrected chi connectivity index (χ4v) is 3.54. The number of rotatable bonds is 4. The maximum absolute atomic E-state index is 13.9. The molecule has 0 atom stereocenters. The van der Waals surface area contributed by atoms with Crippen LogP contribution in [-0.2, 0) is 17.5 Å². The van der Waals surface area contributed by atoms with Gasteiger partial charge in [-0.3, -0.25) is 4.79 Å². The number of halogens is 5. The molecular formula is C19H15BrF4N4O. The highest BCUT2D eigenvalue weighted by Gasteiger charge is 2.37. The zero-order chi connectivity index (χ0) is 20.9. The summed E-state index contributed by atoms with van der Waals surface area (Å²) in [5, 5.41) is 6.38. The number of carbonyl (C=O) groups is 1. The average Bonchev–Trinajstić information content (AvgIpc) is 3.42. The third kappa shape index (κ3) is 3.98. The minimum Gasteiger partial charge on any atom is -0.322 e. The number of hydrogen-bond donors (Lipinski definition) is 1. The molecule has 10 heteroatoms. The number of alkyl halides is 3. The fourth-order valence-electron chi connectivity index (χ4n) is 3.21. The van der Waals surface area contributed by atoms with Gasteiger partial charge in [0.05, 0.1) is 22.3 Å². The Morgan fingerprint density at radius 3 is 2.66 bits per heavy atom. The van der Waals surface area contributed by atoms with Gasteiger partial charge in [-0.05, 0) is 44.0 Å². The molecule has 152 valence electrons. The first-order valence-corrected chi connectivity index (χ1v) is 9.63. The van der Waals surface area contributed by atoms with Crippen LogP contribution in [0.2, 0.25) is 0 Å². The molecule has 1 aromatic carbocycles. The van der Waals surface area contributed by atoms with E-state index in [0.717, 1.165) is 23.6 Å². The van der Waals surface area contributed by atoms with Gasteiger partial charge in [0.15, 0.2) is 5.65 Å². The second kappa shape index (κ2) is 7.08. The van der Waals surface area contributed by atoms with Crippen molar-refractivity contribution in [2.75, 3.05) is 5.32 Å². The molecule has 2 aromatic heterocycles. The van der Waals surface area contributed by atoms with Crippen LogP contribution in [0.15, 0.2) is 28.7 Å². The summed E-state index contributed by atoms with van der Waals surface area (Å²) in [6, 6.07) is 5.22. The molecule has 0 radical (unpaired) electrons. The minimum absolute atomic E-state index is 0.00477. The molecule has 1 N–H and O–H groups in total.